The number of allylic oxidation sites excluding steroid dienone is 4. The van der Waals surface area contributed by atoms with Gasteiger partial charge in [-0.15, -0.1) is 0 Å². The van der Waals surface area contributed by atoms with Gasteiger partial charge in [0.1, 0.15) is 5.75 Å². The molecule has 1 atom stereocenters. The second-order valence-corrected chi connectivity index (χ2v) is 3.75. The van der Waals surface area contributed by atoms with Crippen molar-refractivity contribution in [2.45, 2.75) is 19.3 Å². The van der Waals surface area contributed by atoms with Crippen molar-refractivity contribution >= 4 is 0 Å². The SMILES string of the molecule is CC1=CC(c2cccc(O)c2)CC=C1. The minimum atomic E-state index is 0.350. The van der Waals surface area contributed by atoms with Crippen LogP contribution in [0.25, 0.3) is 0 Å². The molecule has 1 N–H and O–H groups in total. The predicted octanol–water partition coefficient (Wildman–Crippen LogP) is 3.38. The Bertz CT molecular complexity index is 388. The maximum atomic E-state index is 9.37. The highest BCUT2D eigenvalue weighted by Gasteiger charge is 2.10. The Morgan fingerprint density at radius 2 is 2.21 bits per heavy atom. The molecule has 14 heavy (non-hydrogen) atoms. The van der Waals surface area contributed by atoms with Crippen LogP contribution in [0.5, 0.6) is 5.75 Å². The predicted molar refractivity (Wildman–Crippen MR) is 58.4 cm³/mol. The van der Waals surface area contributed by atoms with Gasteiger partial charge in [-0.05, 0) is 31.0 Å². The Morgan fingerprint density at radius 3 is 2.93 bits per heavy atom. The van der Waals surface area contributed by atoms with Gasteiger partial charge in [-0.3, -0.25) is 0 Å². The van der Waals surface area contributed by atoms with Crippen molar-refractivity contribution in [2.75, 3.05) is 0 Å². The van der Waals surface area contributed by atoms with Crippen molar-refractivity contribution in [1.29, 1.82) is 0 Å². The Morgan fingerprint density at radius 1 is 1.36 bits per heavy atom. The van der Waals surface area contributed by atoms with Gasteiger partial charge in [0.05, 0.1) is 0 Å². The van der Waals surface area contributed by atoms with Crippen LogP contribution in [0, 0.1) is 0 Å². The summed E-state index contributed by atoms with van der Waals surface area (Å²) in [4.78, 5) is 0. The third kappa shape index (κ3) is 1.87. The Kier molecular flexibility index (Phi) is 2.40. The first kappa shape index (κ1) is 9.07. The van der Waals surface area contributed by atoms with Crippen LogP contribution in [-0.4, -0.2) is 5.11 Å². The molecule has 0 amide bonds. The molecular formula is C13H14O. The van der Waals surface area contributed by atoms with Crippen LogP contribution in [0.15, 0.2) is 48.1 Å². The average Bonchev–Trinajstić information content (AvgIpc) is 2.18. The first-order chi connectivity index (χ1) is 6.75. The van der Waals surface area contributed by atoms with Gasteiger partial charge in [-0.1, -0.05) is 35.9 Å². The Labute approximate surface area is 84.4 Å². The first-order valence-corrected chi connectivity index (χ1v) is 4.89. The van der Waals surface area contributed by atoms with E-state index in [0.29, 0.717) is 11.7 Å². The summed E-state index contributed by atoms with van der Waals surface area (Å²) in [5, 5.41) is 9.37. The van der Waals surface area contributed by atoms with Gasteiger partial charge in [0, 0.05) is 5.92 Å². The van der Waals surface area contributed by atoms with Crippen LogP contribution >= 0.6 is 0 Å². The highest BCUT2D eigenvalue weighted by Crippen LogP contribution is 2.28. The Balaban J connectivity index is 2.28. The topological polar surface area (TPSA) is 20.2 Å². The van der Waals surface area contributed by atoms with Crippen LogP contribution in [0.4, 0.5) is 0 Å². The van der Waals surface area contributed by atoms with E-state index in [1.165, 1.54) is 11.1 Å². The van der Waals surface area contributed by atoms with Crippen molar-refractivity contribution in [3.05, 3.63) is 53.6 Å². The lowest BCUT2D eigenvalue weighted by Gasteiger charge is -2.15. The van der Waals surface area contributed by atoms with Crippen LogP contribution in [-0.2, 0) is 0 Å². The molecule has 1 aromatic carbocycles. The lowest BCUT2D eigenvalue weighted by molar-refractivity contribution is 0.474. The molecule has 1 unspecified atom stereocenters. The van der Waals surface area contributed by atoms with Gasteiger partial charge in [0.25, 0.3) is 0 Å². The highest BCUT2D eigenvalue weighted by molar-refractivity contribution is 5.36. The summed E-state index contributed by atoms with van der Waals surface area (Å²) in [6, 6.07) is 7.51. The molecule has 1 aliphatic rings. The quantitative estimate of drug-likeness (QED) is 0.712. The number of rotatable bonds is 1. The fourth-order valence-corrected chi connectivity index (χ4v) is 1.83. The molecule has 0 saturated carbocycles. The lowest BCUT2D eigenvalue weighted by Crippen LogP contribution is -1.97. The van der Waals surface area contributed by atoms with E-state index >= 15 is 0 Å². The molecule has 0 heterocycles. The zero-order chi connectivity index (χ0) is 9.97. The number of hydrogen-bond acceptors (Lipinski definition) is 1. The van der Waals surface area contributed by atoms with Gasteiger partial charge in [0.15, 0.2) is 0 Å². The Hall–Kier alpha value is -1.50. The lowest BCUT2D eigenvalue weighted by atomic mass is 9.90. The number of hydrogen-bond donors (Lipinski definition) is 1. The van der Waals surface area contributed by atoms with Gasteiger partial charge in [-0.2, -0.15) is 0 Å². The summed E-state index contributed by atoms with van der Waals surface area (Å²) >= 11 is 0. The fraction of sp³-hybridized carbons (Fsp3) is 0.231. The van der Waals surface area contributed by atoms with Gasteiger partial charge in [0.2, 0.25) is 0 Å². The minimum Gasteiger partial charge on any atom is -0.508 e. The molecule has 0 fully saturated rings. The number of phenolic OH excluding ortho intramolecular Hbond substituents is 1. The second-order valence-electron chi connectivity index (χ2n) is 3.75. The van der Waals surface area contributed by atoms with Crippen molar-refractivity contribution in [2.24, 2.45) is 0 Å². The van der Waals surface area contributed by atoms with Gasteiger partial charge < -0.3 is 5.11 Å². The van der Waals surface area contributed by atoms with E-state index in [0.717, 1.165) is 6.42 Å². The van der Waals surface area contributed by atoms with E-state index < -0.39 is 0 Å². The first-order valence-electron chi connectivity index (χ1n) is 4.89. The molecule has 1 nitrogen and oxygen atoms in total. The third-order valence-electron chi connectivity index (χ3n) is 2.53. The van der Waals surface area contributed by atoms with Crippen molar-refractivity contribution in [3.63, 3.8) is 0 Å². The van der Waals surface area contributed by atoms with Crippen molar-refractivity contribution < 1.29 is 5.11 Å². The monoisotopic (exact) mass is 186 g/mol. The normalized spacial score (nSPS) is 20.6. The second kappa shape index (κ2) is 3.70. The van der Waals surface area contributed by atoms with E-state index in [1.54, 1.807) is 6.07 Å². The average molecular weight is 186 g/mol. The van der Waals surface area contributed by atoms with Crippen molar-refractivity contribution in [3.8, 4) is 5.75 Å². The van der Waals surface area contributed by atoms with Gasteiger partial charge in [-0.25, -0.2) is 0 Å². The third-order valence-corrected chi connectivity index (χ3v) is 2.53. The van der Waals surface area contributed by atoms with Crippen LogP contribution in [0.1, 0.15) is 24.8 Å². The molecule has 0 radical (unpaired) electrons. The molecule has 0 aromatic heterocycles. The zero-order valence-corrected chi connectivity index (χ0v) is 8.27. The van der Waals surface area contributed by atoms with E-state index in [2.05, 4.69) is 31.2 Å². The summed E-state index contributed by atoms with van der Waals surface area (Å²) in [5.74, 6) is 0.773. The summed E-state index contributed by atoms with van der Waals surface area (Å²) in [6.07, 6.45) is 7.60. The molecule has 2 rings (SSSR count). The number of aromatic hydroxyl groups is 1. The van der Waals surface area contributed by atoms with Crippen LogP contribution in [0.2, 0.25) is 0 Å². The minimum absolute atomic E-state index is 0.350. The van der Waals surface area contributed by atoms with Crippen LogP contribution in [0.3, 0.4) is 0 Å². The smallest absolute Gasteiger partial charge is 0.115 e. The maximum absolute atomic E-state index is 9.37. The molecule has 1 heteroatoms. The molecule has 0 spiro atoms. The molecular weight excluding hydrogens is 172 g/mol. The highest BCUT2D eigenvalue weighted by atomic mass is 16.3. The standard InChI is InChI=1S/C13H14O/c1-10-4-2-5-11(8-10)12-6-3-7-13(14)9-12/h2-4,6-9,11,14H,5H2,1H3. The largest absolute Gasteiger partial charge is 0.508 e. The fourth-order valence-electron chi connectivity index (χ4n) is 1.83. The molecule has 72 valence electrons. The molecule has 1 aromatic rings. The number of phenols is 1. The molecule has 0 saturated heterocycles. The molecule has 0 aliphatic heterocycles. The molecule has 1 aliphatic carbocycles. The van der Waals surface area contributed by atoms with E-state index in [9.17, 15) is 5.11 Å². The molecule has 0 bridgehead atoms. The zero-order valence-electron chi connectivity index (χ0n) is 8.27. The summed E-state index contributed by atoms with van der Waals surface area (Å²) in [7, 11) is 0. The van der Waals surface area contributed by atoms with Gasteiger partial charge >= 0.3 is 0 Å². The van der Waals surface area contributed by atoms with E-state index in [1.807, 2.05) is 12.1 Å². The van der Waals surface area contributed by atoms with E-state index in [4.69, 9.17) is 0 Å². The summed E-state index contributed by atoms with van der Waals surface area (Å²) in [6.45, 7) is 2.10. The van der Waals surface area contributed by atoms with Crippen molar-refractivity contribution in [1.82, 2.24) is 0 Å². The maximum Gasteiger partial charge on any atom is 0.115 e. The van der Waals surface area contributed by atoms with E-state index in [-0.39, 0.29) is 0 Å². The van der Waals surface area contributed by atoms with Crippen LogP contribution < -0.4 is 0 Å². The summed E-state index contributed by atoms with van der Waals surface area (Å²) in [5.41, 5.74) is 2.48. The number of benzene rings is 1. The summed E-state index contributed by atoms with van der Waals surface area (Å²) < 4.78 is 0.